The van der Waals surface area contributed by atoms with E-state index in [0.717, 1.165) is 31.5 Å². The Kier molecular flexibility index (Phi) is 10.8. The standard InChI is InChI=1S/C34H36F2N4O4S/c1-40-19-18-37-30(40)21-29(23-9-13-25(36)14-10-23)44-31-16-15-27(22-7-11-24(35)12-8-22)32(39-31)33(41)38-28(17-20-45-2)34(42)43-26-5-3-4-6-26/h7-16,18-19,26,28-29H,3-6,17,20-21H2,1-2H3,(H,38,41)/t28-,29?/m0/s1. The third-order valence-corrected chi connectivity index (χ3v) is 8.46. The Hall–Kier alpha value is -4.25. The Morgan fingerprint density at radius 3 is 2.36 bits per heavy atom. The average Bonchev–Trinajstić information content (AvgIpc) is 3.71. The van der Waals surface area contributed by atoms with Crippen LogP contribution in [0.1, 0.15) is 60.1 Å². The first kappa shape index (κ1) is 32.2. The maximum Gasteiger partial charge on any atom is 0.328 e. The zero-order chi connectivity index (χ0) is 31.8. The van der Waals surface area contributed by atoms with E-state index in [2.05, 4.69) is 15.3 Å². The van der Waals surface area contributed by atoms with Gasteiger partial charge in [0.25, 0.3) is 5.91 Å². The lowest BCUT2D eigenvalue weighted by Gasteiger charge is -2.22. The molecule has 11 heteroatoms. The molecule has 2 aromatic carbocycles. The summed E-state index contributed by atoms with van der Waals surface area (Å²) in [5, 5.41) is 2.85. The molecule has 1 N–H and O–H groups in total. The number of nitrogens with one attached hydrogen (secondary N) is 1. The van der Waals surface area contributed by atoms with Crippen LogP contribution >= 0.6 is 11.8 Å². The van der Waals surface area contributed by atoms with Gasteiger partial charge in [-0.1, -0.05) is 24.3 Å². The van der Waals surface area contributed by atoms with Crippen molar-refractivity contribution in [2.24, 2.45) is 7.05 Å². The number of ether oxygens (including phenoxy) is 2. The van der Waals surface area contributed by atoms with Gasteiger partial charge in [0.05, 0.1) is 0 Å². The number of aryl methyl sites for hydroxylation is 1. The monoisotopic (exact) mass is 634 g/mol. The number of benzene rings is 2. The highest BCUT2D eigenvalue weighted by atomic mass is 32.2. The molecule has 1 fully saturated rings. The van der Waals surface area contributed by atoms with Crippen LogP contribution in [0.15, 0.2) is 73.1 Å². The number of thioether (sulfide) groups is 1. The topological polar surface area (TPSA) is 95.3 Å². The van der Waals surface area contributed by atoms with Crippen molar-refractivity contribution < 1.29 is 27.8 Å². The van der Waals surface area contributed by atoms with E-state index >= 15 is 0 Å². The second kappa shape index (κ2) is 15.2. The molecule has 2 heterocycles. The molecule has 236 valence electrons. The number of hydrogen-bond donors (Lipinski definition) is 1. The van der Waals surface area contributed by atoms with Gasteiger partial charge in [-0.3, -0.25) is 4.79 Å². The van der Waals surface area contributed by atoms with Crippen LogP contribution in [0.5, 0.6) is 5.88 Å². The lowest BCUT2D eigenvalue weighted by molar-refractivity contribution is -0.151. The van der Waals surface area contributed by atoms with Crippen molar-refractivity contribution in [2.75, 3.05) is 12.0 Å². The third-order valence-electron chi connectivity index (χ3n) is 7.82. The summed E-state index contributed by atoms with van der Waals surface area (Å²) in [5.41, 5.74) is 1.71. The summed E-state index contributed by atoms with van der Waals surface area (Å²) in [4.78, 5) is 36.1. The molecular weight excluding hydrogens is 598 g/mol. The summed E-state index contributed by atoms with van der Waals surface area (Å²) < 4.78 is 41.5. The van der Waals surface area contributed by atoms with E-state index in [1.54, 1.807) is 54.4 Å². The maximum absolute atomic E-state index is 13.9. The summed E-state index contributed by atoms with van der Waals surface area (Å²) in [6, 6.07) is 14.2. The number of rotatable bonds is 13. The van der Waals surface area contributed by atoms with Crippen LogP contribution in [-0.4, -0.2) is 50.6 Å². The molecule has 1 amide bonds. The zero-order valence-corrected chi connectivity index (χ0v) is 26.1. The zero-order valence-electron chi connectivity index (χ0n) is 25.2. The Labute approximate surface area is 265 Å². The van der Waals surface area contributed by atoms with E-state index < -0.39 is 29.8 Å². The summed E-state index contributed by atoms with van der Waals surface area (Å²) in [6.07, 6.45) is 9.07. The molecule has 0 spiro atoms. The first-order chi connectivity index (χ1) is 21.8. The molecule has 0 aliphatic heterocycles. The smallest absolute Gasteiger partial charge is 0.328 e. The first-order valence-electron chi connectivity index (χ1n) is 15.0. The Morgan fingerprint density at radius 1 is 1.02 bits per heavy atom. The molecule has 1 aliphatic carbocycles. The van der Waals surface area contributed by atoms with E-state index in [4.69, 9.17) is 9.47 Å². The first-order valence-corrected chi connectivity index (χ1v) is 16.4. The summed E-state index contributed by atoms with van der Waals surface area (Å²) in [7, 11) is 1.87. The van der Waals surface area contributed by atoms with Crippen molar-refractivity contribution >= 4 is 23.6 Å². The van der Waals surface area contributed by atoms with Gasteiger partial charge in [-0.25, -0.2) is 23.5 Å². The van der Waals surface area contributed by atoms with Gasteiger partial charge < -0.3 is 19.4 Å². The second-order valence-corrected chi connectivity index (χ2v) is 12.0. The number of aromatic nitrogens is 3. The van der Waals surface area contributed by atoms with Gasteiger partial charge in [0, 0.05) is 37.5 Å². The number of imidazole rings is 1. The number of carbonyl (C=O) groups is 2. The lowest BCUT2D eigenvalue weighted by atomic mass is 10.0. The van der Waals surface area contributed by atoms with E-state index in [0.29, 0.717) is 35.3 Å². The van der Waals surface area contributed by atoms with Gasteiger partial charge in [0.2, 0.25) is 5.88 Å². The summed E-state index contributed by atoms with van der Waals surface area (Å²) in [5.74, 6) is -0.327. The molecule has 2 aromatic heterocycles. The number of nitrogens with zero attached hydrogens (tertiary/aromatic N) is 3. The molecule has 0 radical (unpaired) electrons. The average molecular weight is 635 g/mol. The molecule has 5 rings (SSSR count). The highest BCUT2D eigenvalue weighted by Crippen LogP contribution is 2.30. The van der Waals surface area contributed by atoms with Crippen LogP contribution in [0.2, 0.25) is 0 Å². The summed E-state index contributed by atoms with van der Waals surface area (Å²) in [6.45, 7) is 0. The quantitative estimate of drug-likeness (QED) is 0.169. The number of carbonyl (C=O) groups excluding carboxylic acids is 2. The van der Waals surface area contributed by atoms with Crippen molar-refractivity contribution in [3.8, 4) is 17.0 Å². The van der Waals surface area contributed by atoms with Crippen LogP contribution in [0, 0.1) is 11.6 Å². The molecule has 0 bridgehead atoms. The maximum atomic E-state index is 13.9. The highest BCUT2D eigenvalue weighted by Gasteiger charge is 2.29. The minimum Gasteiger partial charge on any atom is -0.469 e. The van der Waals surface area contributed by atoms with E-state index in [1.165, 1.54) is 24.3 Å². The second-order valence-electron chi connectivity index (χ2n) is 11.0. The third kappa shape index (κ3) is 8.48. The van der Waals surface area contributed by atoms with Gasteiger partial charge in [-0.05, 0) is 85.6 Å². The summed E-state index contributed by atoms with van der Waals surface area (Å²) >= 11 is 1.56. The lowest BCUT2D eigenvalue weighted by Crippen LogP contribution is -2.43. The van der Waals surface area contributed by atoms with Crippen molar-refractivity contribution in [3.05, 3.63) is 102 Å². The highest BCUT2D eigenvalue weighted by molar-refractivity contribution is 7.98. The normalized spacial score (nSPS) is 14.6. The Balaban J connectivity index is 1.47. The van der Waals surface area contributed by atoms with E-state index in [1.807, 2.05) is 24.1 Å². The minimum absolute atomic E-state index is 0.0109. The number of amides is 1. The molecular formula is C34H36F2N4O4S. The predicted octanol–water partition coefficient (Wildman–Crippen LogP) is 6.46. The van der Waals surface area contributed by atoms with Gasteiger partial charge in [-0.2, -0.15) is 11.8 Å². The molecule has 45 heavy (non-hydrogen) atoms. The van der Waals surface area contributed by atoms with Crippen LogP contribution in [0.4, 0.5) is 8.78 Å². The van der Waals surface area contributed by atoms with Crippen LogP contribution in [0.25, 0.3) is 11.1 Å². The van der Waals surface area contributed by atoms with Gasteiger partial charge in [0.1, 0.15) is 41.4 Å². The number of pyridine rings is 1. The van der Waals surface area contributed by atoms with Gasteiger partial charge in [-0.15, -0.1) is 0 Å². The number of halogens is 2. The fraction of sp³-hybridized carbons (Fsp3) is 0.353. The molecule has 1 aliphatic rings. The predicted molar refractivity (Wildman–Crippen MR) is 169 cm³/mol. The fourth-order valence-electron chi connectivity index (χ4n) is 5.32. The number of hydrogen-bond acceptors (Lipinski definition) is 7. The minimum atomic E-state index is -0.867. The van der Waals surface area contributed by atoms with Crippen molar-refractivity contribution in [1.82, 2.24) is 19.9 Å². The van der Waals surface area contributed by atoms with E-state index in [-0.39, 0.29) is 23.5 Å². The van der Waals surface area contributed by atoms with Crippen molar-refractivity contribution in [3.63, 3.8) is 0 Å². The molecule has 2 atom stereocenters. The molecule has 4 aromatic rings. The SMILES string of the molecule is CSCC[C@H](NC(=O)c1nc(OC(Cc2nccn2C)c2ccc(F)cc2)ccc1-c1ccc(F)cc1)C(=O)OC1CCCC1. The largest absolute Gasteiger partial charge is 0.469 e. The molecule has 0 saturated heterocycles. The van der Waals surface area contributed by atoms with Crippen LogP contribution in [-0.2, 0) is 23.0 Å². The van der Waals surface area contributed by atoms with Crippen molar-refractivity contribution in [2.45, 2.75) is 56.8 Å². The Bertz CT molecular complexity index is 1590. The fourth-order valence-corrected chi connectivity index (χ4v) is 5.79. The van der Waals surface area contributed by atoms with Crippen LogP contribution in [0.3, 0.4) is 0 Å². The van der Waals surface area contributed by atoms with Gasteiger partial charge >= 0.3 is 5.97 Å². The molecule has 8 nitrogen and oxygen atoms in total. The van der Waals surface area contributed by atoms with Crippen LogP contribution < -0.4 is 10.1 Å². The molecule has 1 saturated carbocycles. The van der Waals surface area contributed by atoms with Gasteiger partial charge in [0.15, 0.2) is 0 Å². The molecule has 1 unspecified atom stereocenters. The Morgan fingerprint density at radius 2 is 1.71 bits per heavy atom. The number of esters is 1. The van der Waals surface area contributed by atoms with Crippen molar-refractivity contribution in [1.29, 1.82) is 0 Å². The van der Waals surface area contributed by atoms with E-state index in [9.17, 15) is 18.4 Å².